The maximum absolute atomic E-state index is 14.3. The average molecular weight is 549 g/mol. The summed E-state index contributed by atoms with van der Waals surface area (Å²) in [5.41, 5.74) is -5.18. The van der Waals surface area contributed by atoms with Gasteiger partial charge in [0, 0.05) is 48.8 Å². The molecular formula is C24H29ClF4N4O4. The molecule has 204 valence electrons. The summed E-state index contributed by atoms with van der Waals surface area (Å²) in [5.74, 6) is -2.65. The van der Waals surface area contributed by atoms with Crippen molar-refractivity contribution in [2.45, 2.75) is 50.8 Å². The molecule has 1 aliphatic heterocycles. The number of anilines is 1. The van der Waals surface area contributed by atoms with Gasteiger partial charge < -0.3 is 14.8 Å². The maximum Gasteiger partial charge on any atom is 0.573 e. The number of ether oxygens (including phenoxy) is 2. The summed E-state index contributed by atoms with van der Waals surface area (Å²) in [5, 5.41) is 2.92. The van der Waals surface area contributed by atoms with Crippen LogP contribution in [0.25, 0.3) is 0 Å². The Morgan fingerprint density at radius 2 is 1.95 bits per heavy atom. The van der Waals surface area contributed by atoms with E-state index in [-0.39, 0.29) is 17.3 Å². The molecule has 1 aromatic rings. The normalized spacial score (nSPS) is 20.6. The highest BCUT2D eigenvalue weighted by atomic mass is 35.5. The van der Waals surface area contributed by atoms with Crippen molar-refractivity contribution in [2.75, 3.05) is 25.2 Å². The zero-order valence-electron chi connectivity index (χ0n) is 20.8. The summed E-state index contributed by atoms with van der Waals surface area (Å²) in [6.07, 6.45) is -2.07. The molecule has 1 aliphatic rings. The van der Waals surface area contributed by atoms with Gasteiger partial charge in [-0.3, -0.25) is 24.5 Å². The molecule has 37 heavy (non-hydrogen) atoms. The summed E-state index contributed by atoms with van der Waals surface area (Å²) < 4.78 is 61.6. The highest BCUT2D eigenvalue weighted by molar-refractivity contribution is 6.32. The van der Waals surface area contributed by atoms with Crippen molar-refractivity contribution in [3.05, 3.63) is 36.0 Å². The third-order valence-corrected chi connectivity index (χ3v) is 6.15. The zero-order valence-corrected chi connectivity index (χ0v) is 21.6. The van der Waals surface area contributed by atoms with Gasteiger partial charge in [0.1, 0.15) is 5.75 Å². The third-order valence-electron chi connectivity index (χ3n) is 5.96. The number of aliphatic imine (C=N–C) groups is 2. The average Bonchev–Trinajstić information content (AvgIpc) is 2.80. The van der Waals surface area contributed by atoms with E-state index in [1.165, 1.54) is 26.4 Å². The van der Waals surface area contributed by atoms with Crippen LogP contribution in [-0.4, -0.2) is 68.6 Å². The lowest BCUT2D eigenvalue weighted by molar-refractivity contribution is -0.274. The van der Waals surface area contributed by atoms with Gasteiger partial charge in [0.2, 0.25) is 0 Å². The van der Waals surface area contributed by atoms with E-state index in [2.05, 4.69) is 26.8 Å². The monoisotopic (exact) mass is 548 g/mol. The quantitative estimate of drug-likeness (QED) is 0.281. The fourth-order valence-electron chi connectivity index (χ4n) is 3.98. The third kappa shape index (κ3) is 7.29. The number of benzene rings is 1. The fourth-order valence-corrected chi connectivity index (χ4v) is 4.08. The van der Waals surface area contributed by atoms with Crippen LogP contribution in [0.2, 0.25) is 0 Å². The second-order valence-electron chi connectivity index (χ2n) is 9.10. The van der Waals surface area contributed by atoms with Crippen LogP contribution in [0.15, 0.2) is 46.0 Å². The lowest BCUT2D eigenvalue weighted by Gasteiger charge is -2.44. The molecule has 3 atom stereocenters. The summed E-state index contributed by atoms with van der Waals surface area (Å²) in [6.45, 7) is 9.24. The molecule has 1 fully saturated rings. The van der Waals surface area contributed by atoms with E-state index < -0.39 is 40.5 Å². The first-order valence-corrected chi connectivity index (χ1v) is 11.6. The van der Waals surface area contributed by atoms with Gasteiger partial charge in [-0.2, -0.15) is 0 Å². The number of hydrogen-bond acceptors (Lipinski definition) is 6. The second-order valence-corrected chi connectivity index (χ2v) is 9.48. The number of amides is 2. The Morgan fingerprint density at radius 3 is 2.43 bits per heavy atom. The van der Waals surface area contributed by atoms with Gasteiger partial charge >= 0.3 is 6.36 Å². The molecule has 0 unspecified atom stereocenters. The molecule has 1 heterocycles. The van der Waals surface area contributed by atoms with Crippen molar-refractivity contribution in [1.29, 1.82) is 0 Å². The molecule has 2 amide bonds. The predicted molar refractivity (Wildman–Crippen MR) is 133 cm³/mol. The van der Waals surface area contributed by atoms with Crippen LogP contribution < -0.4 is 15.0 Å². The lowest BCUT2D eigenvalue weighted by atomic mass is 9.80. The Morgan fingerprint density at radius 1 is 1.32 bits per heavy atom. The van der Waals surface area contributed by atoms with E-state index in [0.29, 0.717) is 19.6 Å². The van der Waals surface area contributed by atoms with Crippen LogP contribution in [0.1, 0.15) is 27.2 Å². The standard InChI is InChI=1S/C24H29ClF4N4O4/c1-22(2)14-36-11-10-18(22)32-21(35)23(3,15(12-30-4)13-31-5)33(20(34)19(25)26)16-6-8-17(9-7-16)37-24(27,28)29/h6-9,12-13,18-19H,4,10-11,14H2,1-3,5H3,(H,32,35)/b15-12+,31-13?/t18-,19+,23+/m1/s1. The Hall–Kier alpha value is -2.99. The lowest BCUT2D eigenvalue weighted by Crippen LogP contribution is -2.65. The fraction of sp³-hybridized carbons (Fsp3) is 0.500. The minimum atomic E-state index is -4.95. The summed E-state index contributed by atoms with van der Waals surface area (Å²) in [4.78, 5) is 35.5. The Kier molecular flexibility index (Phi) is 9.84. The van der Waals surface area contributed by atoms with Crippen LogP contribution in [0.4, 0.5) is 23.2 Å². The van der Waals surface area contributed by atoms with Gasteiger partial charge in [0.25, 0.3) is 17.4 Å². The first kappa shape index (κ1) is 30.2. The van der Waals surface area contributed by atoms with Crippen LogP contribution in [-0.2, 0) is 14.3 Å². The number of rotatable bonds is 9. The van der Waals surface area contributed by atoms with E-state index in [1.54, 1.807) is 0 Å². The van der Waals surface area contributed by atoms with Gasteiger partial charge in [-0.05, 0) is 44.3 Å². The van der Waals surface area contributed by atoms with Crippen molar-refractivity contribution < 1.29 is 36.6 Å². The largest absolute Gasteiger partial charge is 0.573 e. The van der Waals surface area contributed by atoms with Crippen molar-refractivity contribution in [2.24, 2.45) is 15.4 Å². The van der Waals surface area contributed by atoms with Crippen molar-refractivity contribution >= 4 is 42.0 Å². The van der Waals surface area contributed by atoms with E-state index in [9.17, 15) is 27.2 Å². The molecule has 1 saturated heterocycles. The van der Waals surface area contributed by atoms with E-state index in [4.69, 9.17) is 16.3 Å². The van der Waals surface area contributed by atoms with Crippen molar-refractivity contribution in [3.8, 4) is 5.75 Å². The molecule has 1 aromatic carbocycles. The number of alkyl halides is 5. The molecule has 0 bridgehead atoms. The number of halogens is 5. The number of carbonyl (C=O) groups excluding carboxylic acids is 2. The molecule has 1 N–H and O–H groups in total. The SMILES string of the molecule is C=N/C=C(\C=NC)[C@@](C)(C(=O)N[C@@H]1CCOCC1(C)C)N(C(=O)[C@H](F)Cl)c1ccc(OC(F)(F)F)cc1. The van der Waals surface area contributed by atoms with Crippen LogP contribution in [0.5, 0.6) is 5.75 Å². The summed E-state index contributed by atoms with van der Waals surface area (Å²) >= 11 is 5.53. The van der Waals surface area contributed by atoms with Gasteiger partial charge in [0.15, 0.2) is 5.54 Å². The molecular weight excluding hydrogens is 520 g/mol. The Balaban J connectivity index is 2.69. The van der Waals surface area contributed by atoms with Crippen molar-refractivity contribution in [1.82, 2.24) is 5.32 Å². The minimum absolute atomic E-state index is 0.0358. The first-order valence-electron chi connectivity index (χ1n) is 11.1. The molecule has 0 spiro atoms. The molecule has 13 heteroatoms. The van der Waals surface area contributed by atoms with Gasteiger partial charge in [-0.1, -0.05) is 25.4 Å². The topological polar surface area (TPSA) is 92.6 Å². The Labute approximate surface area is 217 Å². The number of nitrogens with one attached hydrogen (secondary N) is 1. The summed E-state index contributed by atoms with van der Waals surface area (Å²) in [6, 6.07) is 3.61. The molecule has 0 saturated carbocycles. The molecule has 0 aromatic heterocycles. The maximum atomic E-state index is 14.3. The Bertz CT molecular complexity index is 1040. The van der Waals surface area contributed by atoms with E-state index in [1.807, 2.05) is 13.8 Å². The van der Waals surface area contributed by atoms with E-state index in [0.717, 1.165) is 29.2 Å². The van der Waals surface area contributed by atoms with E-state index >= 15 is 0 Å². The van der Waals surface area contributed by atoms with Crippen molar-refractivity contribution in [3.63, 3.8) is 0 Å². The highest BCUT2D eigenvalue weighted by Gasteiger charge is 2.49. The van der Waals surface area contributed by atoms with Gasteiger partial charge in [0.05, 0.1) is 6.61 Å². The molecule has 8 nitrogen and oxygen atoms in total. The number of hydrogen-bond donors (Lipinski definition) is 1. The molecule has 2 rings (SSSR count). The molecule has 0 aliphatic carbocycles. The first-order chi connectivity index (χ1) is 17.2. The summed E-state index contributed by atoms with van der Waals surface area (Å²) in [7, 11) is 1.41. The van der Waals surface area contributed by atoms with Crippen LogP contribution in [0.3, 0.4) is 0 Å². The van der Waals surface area contributed by atoms with Gasteiger partial charge in [-0.15, -0.1) is 13.2 Å². The number of nitrogens with zero attached hydrogens (tertiary/aromatic N) is 3. The highest BCUT2D eigenvalue weighted by Crippen LogP contribution is 2.35. The van der Waals surface area contributed by atoms with Crippen LogP contribution in [0, 0.1) is 5.41 Å². The zero-order chi connectivity index (χ0) is 28.0. The van der Waals surface area contributed by atoms with Crippen LogP contribution >= 0.6 is 11.6 Å². The molecule has 0 radical (unpaired) electrons. The number of carbonyl (C=O) groups is 2. The van der Waals surface area contributed by atoms with Gasteiger partial charge in [-0.25, -0.2) is 4.39 Å². The smallest absolute Gasteiger partial charge is 0.406 e. The second kappa shape index (κ2) is 12.0. The minimum Gasteiger partial charge on any atom is -0.406 e. The predicted octanol–water partition coefficient (Wildman–Crippen LogP) is 4.43.